The molecule has 2 amide bonds. The van der Waals surface area contributed by atoms with Gasteiger partial charge < -0.3 is 25.1 Å². The summed E-state index contributed by atoms with van der Waals surface area (Å²) in [5.41, 5.74) is 0.997. The molecule has 1 aromatic carbocycles. The number of aliphatic hydroxyl groups excluding tert-OH is 1. The molecule has 0 saturated carbocycles. The fourth-order valence-corrected chi connectivity index (χ4v) is 3.58. The van der Waals surface area contributed by atoms with Crippen LogP contribution in [0, 0.1) is 5.92 Å². The lowest BCUT2D eigenvalue weighted by atomic mass is 10.0. The van der Waals surface area contributed by atoms with Crippen molar-refractivity contribution in [3.8, 4) is 0 Å². The third-order valence-corrected chi connectivity index (χ3v) is 5.37. The van der Waals surface area contributed by atoms with Crippen molar-refractivity contribution in [2.24, 2.45) is 5.92 Å². The zero-order chi connectivity index (χ0) is 20.6. The molecule has 1 unspecified atom stereocenters. The van der Waals surface area contributed by atoms with Crippen LogP contribution in [0.5, 0.6) is 0 Å². The Hall–Kier alpha value is -2.80. The van der Waals surface area contributed by atoms with Crippen LogP contribution in [0.1, 0.15) is 25.5 Å². The number of para-hydroxylation sites is 1. The van der Waals surface area contributed by atoms with Crippen LogP contribution in [-0.4, -0.2) is 53.6 Å². The van der Waals surface area contributed by atoms with Crippen LogP contribution in [0.4, 0.5) is 5.69 Å². The number of carbonyl (C=O) groups is 2. The summed E-state index contributed by atoms with van der Waals surface area (Å²) in [5.74, 6) is -0.755. The highest BCUT2D eigenvalue weighted by molar-refractivity contribution is 5.89. The average molecular weight is 399 g/mol. The first-order valence-electron chi connectivity index (χ1n) is 10.1. The molecule has 156 valence electrons. The number of benzene rings is 1. The largest absolute Gasteiger partial charge is 0.469 e. The van der Waals surface area contributed by atoms with Gasteiger partial charge in [0.05, 0.1) is 12.2 Å². The highest BCUT2D eigenvalue weighted by atomic mass is 16.3. The second-order valence-corrected chi connectivity index (χ2v) is 7.43. The molecule has 2 heterocycles. The zero-order valence-electron chi connectivity index (χ0n) is 16.7. The van der Waals surface area contributed by atoms with Gasteiger partial charge in [0.2, 0.25) is 5.91 Å². The van der Waals surface area contributed by atoms with Crippen molar-refractivity contribution in [3.05, 3.63) is 54.5 Å². The molecule has 29 heavy (non-hydrogen) atoms. The Morgan fingerprint density at radius 1 is 1.24 bits per heavy atom. The Morgan fingerprint density at radius 3 is 2.76 bits per heavy atom. The molecule has 3 atom stereocenters. The van der Waals surface area contributed by atoms with E-state index in [4.69, 9.17) is 4.42 Å². The predicted octanol–water partition coefficient (Wildman–Crippen LogP) is 2.04. The number of anilines is 1. The zero-order valence-corrected chi connectivity index (χ0v) is 16.7. The van der Waals surface area contributed by atoms with E-state index in [9.17, 15) is 14.7 Å². The fourth-order valence-electron chi connectivity index (χ4n) is 3.58. The molecule has 3 N–H and O–H groups in total. The number of rotatable bonds is 9. The smallest absolute Gasteiger partial charge is 0.252 e. The molecule has 0 aliphatic carbocycles. The lowest BCUT2D eigenvalue weighted by Gasteiger charge is -2.29. The van der Waals surface area contributed by atoms with Gasteiger partial charge in [0, 0.05) is 37.8 Å². The van der Waals surface area contributed by atoms with E-state index in [2.05, 4.69) is 10.6 Å². The third kappa shape index (κ3) is 5.60. The summed E-state index contributed by atoms with van der Waals surface area (Å²) >= 11 is 0. The highest BCUT2D eigenvalue weighted by Gasteiger charge is 2.36. The lowest BCUT2D eigenvalue weighted by Crippen LogP contribution is -2.49. The maximum Gasteiger partial charge on any atom is 0.252 e. The van der Waals surface area contributed by atoms with E-state index >= 15 is 0 Å². The highest BCUT2D eigenvalue weighted by Crippen LogP contribution is 2.21. The Kier molecular flexibility index (Phi) is 7.30. The Bertz CT molecular complexity index is 779. The molecule has 7 heteroatoms. The summed E-state index contributed by atoms with van der Waals surface area (Å²) in [4.78, 5) is 26.9. The molecular weight excluding hydrogens is 370 g/mol. The first-order chi connectivity index (χ1) is 14.1. The maximum absolute atomic E-state index is 12.8. The van der Waals surface area contributed by atoms with Crippen LogP contribution >= 0.6 is 0 Å². The summed E-state index contributed by atoms with van der Waals surface area (Å²) in [7, 11) is 0. The number of hydrogen-bond donors (Lipinski definition) is 3. The van der Waals surface area contributed by atoms with Crippen LogP contribution in [0.3, 0.4) is 0 Å². The maximum atomic E-state index is 12.8. The summed E-state index contributed by atoms with van der Waals surface area (Å²) in [5, 5.41) is 16.6. The van der Waals surface area contributed by atoms with Gasteiger partial charge in [-0.25, -0.2) is 0 Å². The van der Waals surface area contributed by atoms with E-state index in [1.807, 2.05) is 36.4 Å². The fraction of sp³-hybridized carbons (Fsp3) is 0.455. The van der Waals surface area contributed by atoms with E-state index in [1.54, 1.807) is 24.2 Å². The van der Waals surface area contributed by atoms with Gasteiger partial charge in [-0.3, -0.25) is 9.59 Å². The van der Waals surface area contributed by atoms with Crippen LogP contribution in [0.2, 0.25) is 0 Å². The summed E-state index contributed by atoms with van der Waals surface area (Å²) in [6.45, 7) is 3.19. The Labute approximate surface area is 171 Å². The van der Waals surface area contributed by atoms with E-state index in [0.717, 1.165) is 24.3 Å². The number of likely N-dealkylation sites (tertiary alicyclic amines) is 1. The van der Waals surface area contributed by atoms with Gasteiger partial charge in [0.25, 0.3) is 5.91 Å². The van der Waals surface area contributed by atoms with E-state index in [0.29, 0.717) is 26.1 Å². The SMILES string of the molecule is C[C@@H](C(=O)NCCc1ccco1)[C@@H](O)C(=O)N1CCCC1CNc1ccccc1. The van der Waals surface area contributed by atoms with Crippen LogP contribution in [-0.2, 0) is 16.0 Å². The minimum absolute atomic E-state index is 0.00608. The van der Waals surface area contributed by atoms with Crippen LogP contribution < -0.4 is 10.6 Å². The molecule has 7 nitrogen and oxygen atoms in total. The van der Waals surface area contributed by atoms with Crippen molar-refractivity contribution in [1.82, 2.24) is 10.2 Å². The minimum atomic E-state index is -1.35. The quantitative estimate of drug-likeness (QED) is 0.600. The summed E-state index contributed by atoms with van der Waals surface area (Å²) in [6, 6.07) is 13.5. The van der Waals surface area contributed by atoms with E-state index in [-0.39, 0.29) is 17.9 Å². The monoisotopic (exact) mass is 399 g/mol. The lowest BCUT2D eigenvalue weighted by molar-refractivity contribution is -0.147. The van der Waals surface area contributed by atoms with Crippen molar-refractivity contribution < 1.29 is 19.1 Å². The van der Waals surface area contributed by atoms with Gasteiger partial charge in [0.1, 0.15) is 11.9 Å². The van der Waals surface area contributed by atoms with E-state index < -0.39 is 12.0 Å². The standard InChI is InChI=1S/C22H29N3O4/c1-16(21(27)23-12-11-19-10-6-14-29-19)20(26)22(28)25-13-5-9-18(25)15-24-17-7-3-2-4-8-17/h2-4,6-8,10,14,16,18,20,24,26H,5,9,11-13,15H2,1H3,(H,23,27)/t16-,18?,20-/m1/s1. The van der Waals surface area contributed by atoms with E-state index in [1.165, 1.54) is 0 Å². The summed E-state index contributed by atoms with van der Waals surface area (Å²) in [6.07, 6.45) is 2.57. The van der Waals surface area contributed by atoms with Gasteiger partial charge in [-0.15, -0.1) is 0 Å². The molecule has 1 aliphatic rings. The van der Waals surface area contributed by atoms with Crippen molar-refractivity contribution in [3.63, 3.8) is 0 Å². The number of aliphatic hydroxyl groups is 1. The third-order valence-electron chi connectivity index (χ3n) is 5.37. The Morgan fingerprint density at radius 2 is 2.03 bits per heavy atom. The molecule has 3 rings (SSSR count). The number of nitrogens with one attached hydrogen (secondary N) is 2. The normalized spacial score (nSPS) is 18.3. The van der Waals surface area contributed by atoms with Crippen molar-refractivity contribution in [2.75, 3.05) is 25.0 Å². The second-order valence-electron chi connectivity index (χ2n) is 7.43. The molecular formula is C22H29N3O4. The molecule has 1 fully saturated rings. The van der Waals surface area contributed by atoms with Gasteiger partial charge in [-0.05, 0) is 37.1 Å². The van der Waals surface area contributed by atoms with Crippen molar-refractivity contribution in [1.29, 1.82) is 0 Å². The number of hydrogen-bond acceptors (Lipinski definition) is 5. The molecule has 1 saturated heterocycles. The molecule has 1 aliphatic heterocycles. The topological polar surface area (TPSA) is 94.8 Å². The second kappa shape index (κ2) is 10.1. The molecule has 0 spiro atoms. The van der Waals surface area contributed by atoms with Crippen LogP contribution in [0.25, 0.3) is 0 Å². The van der Waals surface area contributed by atoms with Gasteiger partial charge in [-0.2, -0.15) is 0 Å². The Balaban J connectivity index is 1.48. The molecule has 0 bridgehead atoms. The molecule has 0 radical (unpaired) electrons. The molecule has 1 aromatic heterocycles. The van der Waals surface area contributed by atoms with Crippen molar-refractivity contribution in [2.45, 2.75) is 38.3 Å². The van der Waals surface area contributed by atoms with Gasteiger partial charge >= 0.3 is 0 Å². The first-order valence-corrected chi connectivity index (χ1v) is 10.1. The predicted molar refractivity (Wildman–Crippen MR) is 110 cm³/mol. The molecule has 2 aromatic rings. The first kappa shape index (κ1) is 20.9. The number of furan rings is 1. The van der Waals surface area contributed by atoms with Gasteiger partial charge in [0.15, 0.2) is 0 Å². The summed E-state index contributed by atoms with van der Waals surface area (Å²) < 4.78 is 5.23. The number of carbonyl (C=O) groups excluding carboxylic acids is 2. The number of nitrogens with zero attached hydrogens (tertiary/aromatic N) is 1. The number of amides is 2. The minimum Gasteiger partial charge on any atom is -0.469 e. The van der Waals surface area contributed by atoms with Gasteiger partial charge in [-0.1, -0.05) is 25.1 Å². The average Bonchev–Trinajstić information content (AvgIpc) is 3.43. The van der Waals surface area contributed by atoms with Crippen LogP contribution in [0.15, 0.2) is 53.1 Å². The van der Waals surface area contributed by atoms with Crippen molar-refractivity contribution >= 4 is 17.5 Å².